The van der Waals surface area contributed by atoms with Gasteiger partial charge in [0.1, 0.15) is 10.6 Å². The van der Waals surface area contributed by atoms with Gasteiger partial charge in [0, 0.05) is 18.7 Å². The second-order valence-corrected chi connectivity index (χ2v) is 9.47. The minimum Gasteiger partial charge on any atom is -0.495 e. The van der Waals surface area contributed by atoms with Gasteiger partial charge in [0.25, 0.3) is 0 Å². The van der Waals surface area contributed by atoms with Crippen LogP contribution in [-0.2, 0) is 20.0 Å². The molecule has 0 amide bonds. The molecule has 0 saturated heterocycles. The summed E-state index contributed by atoms with van der Waals surface area (Å²) in [5.41, 5.74) is 6.15. The van der Waals surface area contributed by atoms with E-state index < -0.39 is 20.0 Å². The van der Waals surface area contributed by atoms with Crippen LogP contribution in [0.1, 0.15) is 19.8 Å². The summed E-state index contributed by atoms with van der Waals surface area (Å²) < 4.78 is 58.0. The fourth-order valence-electron chi connectivity index (χ4n) is 2.18. The van der Waals surface area contributed by atoms with Crippen LogP contribution in [0.2, 0.25) is 0 Å². The van der Waals surface area contributed by atoms with E-state index in [4.69, 9.17) is 10.5 Å². The minimum atomic E-state index is -3.80. The van der Waals surface area contributed by atoms with Crippen LogP contribution in [0.3, 0.4) is 0 Å². The summed E-state index contributed by atoms with van der Waals surface area (Å²) in [6.07, 6.45) is 2.05. The molecule has 0 spiro atoms. The van der Waals surface area contributed by atoms with Crippen molar-refractivity contribution in [1.82, 2.24) is 4.72 Å². The van der Waals surface area contributed by atoms with Crippen molar-refractivity contribution in [1.29, 1.82) is 0 Å². The van der Waals surface area contributed by atoms with Gasteiger partial charge in [0.15, 0.2) is 0 Å². The fourth-order valence-corrected chi connectivity index (χ4v) is 4.03. The molecular weight excluding hydrogens is 354 g/mol. The normalized spacial score (nSPS) is 16.6. The summed E-state index contributed by atoms with van der Waals surface area (Å²) in [7, 11) is -5.94. The first-order chi connectivity index (χ1) is 11.2. The van der Waals surface area contributed by atoms with Crippen LogP contribution in [-0.4, -0.2) is 42.3 Å². The average Bonchev–Trinajstić information content (AvgIpc) is 3.37. The topological polar surface area (TPSA) is 128 Å². The van der Waals surface area contributed by atoms with E-state index in [-0.39, 0.29) is 34.7 Å². The molecule has 2 rings (SSSR count). The zero-order chi connectivity index (χ0) is 18.0. The van der Waals surface area contributed by atoms with Crippen molar-refractivity contribution in [3.8, 4) is 5.75 Å². The molecule has 136 valence electrons. The SMILES string of the molecule is CCS(=O)(=O)Nc1ccc(S(=O)(=O)NCC(N)C2CC2)c(OC)c1. The third-order valence-electron chi connectivity index (χ3n) is 3.84. The molecule has 0 bridgehead atoms. The Labute approximate surface area is 142 Å². The van der Waals surface area contributed by atoms with Crippen LogP contribution in [0, 0.1) is 5.92 Å². The summed E-state index contributed by atoms with van der Waals surface area (Å²) in [6, 6.07) is 3.81. The van der Waals surface area contributed by atoms with E-state index in [1.54, 1.807) is 0 Å². The summed E-state index contributed by atoms with van der Waals surface area (Å²) in [4.78, 5) is -0.0626. The number of benzene rings is 1. The van der Waals surface area contributed by atoms with E-state index in [1.807, 2.05) is 0 Å². The molecule has 0 aliphatic heterocycles. The van der Waals surface area contributed by atoms with Gasteiger partial charge in [-0.05, 0) is 37.8 Å². The van der Waals surface area contributed by atoms with Crippen molar-refractivity contribution in [2.24, 2.45) is 11.7 Å². The van der Waals surface area contributed by atoms with Gasteiger partial charge in [-0.1, -0.05) is 0 Å². The van der Waals surface area contributed by atoms with Gasteiger partial charge in [-0.2, -0.15) is 0 Å². The fraction of sp³-hybridized carbons (Fsp3) is 0.571. The molecule has 1 aliphatic rings. The highest BCUT2D eigenvalue weighted by atomic mass is 32.2. The van der Waals surface area contributed by atoms with Gasteiger partial charge in [0.2, 0.25) is 20.0 Å². The molecule has 24 heavy (non-hydrogen) atoms. The minimum absolute atomic E-state index is 0.0544. The Morgan fingerprint density at radius 1 is 1.29 bits per heavy atom. The lowest BCUT2D eigenvalue weighted by atomic mass is 10.2. The first-order valence-corrected chi connectivity index (χ1v) is 10.8. The number of nitrogens with one attached hydrogen (secondary N) is 2. The van der Waals surface area contributed by atoms with Gasteiger partial charge in [-0.3, -0.25) is 4.72 Å². The highest BCUT2D eigenvalue weighted by molar-refractivity contribution is 7.92. The van der Waals surface area contributed by atoms with E-state index >= 15 is 0 Å². The van der Waals surface area contributed by atoms with Gasteiger partial charge in [0.05, 0.1) is 18.6 Å². The molecule has 1 fully saturated rings. The maximum Gasteiger partial charge on any atom is 0.244 e. The monoisotopic (exact) mass is 377 g/mol. The molecule has 1 atom stereocenters. The number of sulfonamides is 2. The Bertz CT molecular complexity index is 789. The maximum atomic E-state index is 12.4. The molecule has 1 aromatic rings. The Morgan fingerprint density at radius 2 is 1.96 bits per heavy atom. The Balaban J connectivity index is 2.19. The van der Waals surface area contributed by atoms with Crippen LogP contribution >= 0.6 is 0 Å². The van der Waals surface area contributed by atoms with Crippen molar-refractivity contribution in [3.05, 3.63) is 18.2 Å². The lowest BCUT2D eigenvalue weighted by Crippen LogP contribution is -2.38. The predicted molar refractivity (Wildman–Crippen MR) is 92.0 cm³/mol. The number of ether oxygens (including phenoxy) is 1. The van der Waals surface area contributed by atoms with Crippen molar-refractivity contribution in [2.45, 2.75) is 30.7 Å². The van der Waals surface area contributed by atoms with Gasteiger partial charge >= 0.3 is 0 Å². The van der Waals surface area contributed by atoms with E-state index in [2.05, 4.69) is 9.44 Å². The molecule has 4 N–H and O–H groups in total. The largest absolute Gasteiger partial charge is 0.495 e. The quantitative estimate of drug-likeness (QED) is 0.574. The number of rotatable bonds is 9. The highest BCUT2D eigenvalue weighted by Crippen LogP contribution is 2.32. The Morgan fingerprint density at radius 3 is 2.50 bits per heavy atom. The van der Waals surface area contributed by atoms with Crippen molar-refractivity contribution in [2.75, 3.05) is 24.1 Å². The van der Waals surface area contributed by atoms with Crippen molar-refractivity contribution < 1.29 is 21.6 Å². The number of methoxy groups -OCH3 is 1. The van der Waals surface area contributed by atoms with Gasteiger partial charge < -0.3 is 10.5 Å². The lowest BCUT2D eigenvalue weighted by Gasteiger charge is -2.15. The predicted octanol–water partition coefficient (Wildman–Crippen LogP) is 0.472. The van der Waals surface area contributed by atoms with E-state index in [0.29, 0.717) is 5.92 Å². The molecular formula is C14H23N3O5S2. The molecule has 0 heterocycles. The van der Waals surface area contributed by atoms with E-state index in [1.165, 1.54) is 32.2 Å². The summed E-state index contributed by atoms with van der Waals surface area (Å²) in [5, 5.41) is 0. The summed E-state index contributed by atoms with van der Waals surface area (Å²) in [5.74, 6) is 0.343. The number of anilines is 1. The van der Waals surface area contributed by atoms with Gasteiger partial charge in [-0.25, -0.2) is 21.6 Å². The third-order valence-corrected chi connectivity index (χ3v) is 6.61. The zero-order valence-electron chi connectivity index (χ0n) is 13.7. The molecule has 10 heteroatoms. The number of nitrogens with two attached hydrogens (primary N) is 1. The molecule has 0 radical (unpaired) electrons. The first kappa shape index (κ1) is 19.0. The number of hydrogen-bond acceptors (Lipinski definition) is 6. The van der Waals surface area contributed by atoms with E-state index in [0.717, 1.165) is 12.8 Å². The molecule has 1 aliphatic carbocycles. The molecule has 1 aromatic carbocycles. The second kappa shape index (κ2) is 7.26. The maximum absolute atomic E-state index is 12.4. The van der Waals surface area contributed by atoms with Crippen LogP contribution in [0.5, 0.6) is 5.75 Å². The molecule has 0 aromatic heterocycles. The lowest BCUT2D eigenvalue weighted by molar-refractivity contribution is 0.402. The van der Waals surface area contributed by atoms with Crippen molar-refractivity contribution >= 4 is 25.7 Å². The second-order valence-electron chi connectivity index (χ2n) is 5.72. The van der Waals surface area contributed by atoms with Crippen LogP contribution < -0.4 is 19.9 Å². The smallest absolute Gasteiger partial charge is 0.244 e. The van der Waals surface area contributed by atoms with Crippen LogP contribution in [0.15, 0.2) is 23.1 Å². The van der Waals surface area contributed by atoms with E-state index in [9.17, 15) is 16.8 Å². The first-order valence-electron chi connectivity index (χ1n) is 7.62. The summed E-state index contributed by atoms with van der Waals surface area (Å²) >= 11 is 0. The van der Waals surface area contributed by atoms with Crippen molar-refractivity contribution in [3.63, 3.8) is 0 Å². The van der Waals surface area contributed by atoms with Crippen LogP contribution in [0.4, 0.5) is 5.69 Å². The zero-order valence-corrected chi connectivity index (χ0v) is 15.3. The molecule has 1 unspecified atom stereocenters. The molecule has 8 nitrogen and oxygen atoms in total. The Kier molecular flexibility index (Phi) is 5.74. The highest BCUT2D eigenvalue weighted by Gasteiger charge is 2.30. The molecule has 1 saturated carbocycles. The summed E-state index contributed by atoms with van der Waals surface area (Å²) in [6.45, 7) is 1.66. The number of hydrogen-bond donors (Lipinski definition) is 3. The van der Waals surface area contributed by atoms with Crippen LogP contribution in [0.25, 0.3) is 0 Å². The average molecular weight is 377 g/mol. The third kappa shape index (κ3) is 4.82. The standard InChI is InChI=1S/C14H23N3O5S2/c1-3-23(18,19)17-11-6-7-14(13(8-11)22-2)24(20,21)16-9-12(15)10-4-5-10/h6-8,10,12,16-17H,3-5,9,15H2,1-2H3. The Hall–Kier alpha value is -1.36. The van der Waals surface area contributed by atoms with Gasteiger partial charge in [-0.15, -0.1) is 0 Å².